The molecule has 1 aliphatic rings. The Morgan fingerprint density at radius 3 is 2.83 bits per heavy atom. The van der Waals surface area contributed by atoms with Gasteiger partial charge >= 0.3 is 0 Å². The summed E-state index contributed by atoms with van der Waals surface area (Å²) in [6.07, 6.45) is 4.89. The van der Waals surface area contributed by atoms with E-state index in [1.54, 1.807) is 6.20 Å². The monoisotopic (exact) mass is 317 g/mol. The van der Waals surface area contributed by atoms with Gasteiger partial charge in [-0.05, 0) is 38.8 Å². The average molecular weight is 317 g/mol. The molecule has 1 N–H and O–H groups in total. The lowest BCUT2D eigenvalue weighted by Gasteiger charge is -2.44. The molecule has 1 atom stereocenters. The number of piperidine rings is 1. The first-order valence-corrected chi connectivity index (χ1v) is 8.46. The Morgan fingerprint density at radius 2 is 2.22 bits per heavy atom. The van der Waals surface area contributed by atoms with Gasteiger partial charge in [-0.25, -0.2) is 0 Å². The summed E-state index contributed by atoms with van der Waals surface area (Å²) in [5.74, 6) is 0.225. The molecular formula is C18H27N3O2. The standard InChI is InChI=1S/C18H27N3O2/c1-4-7-16(22)20-18(12-15-8-5-6-11-19-15)10-9-17(23)21(13-18)14(2)3/h5-6,8,11,14H,4,7,9-10,12-13H2,1-3H3,(H,20,22). The molecule has 1 fully saturated rings. The second-order valence-corrected chi connectivity index (χ2v) is 6.69. The molecule has 2 amide bonds. The maximum Gasteiger partial charge on any atom is 0.222 e. The molecule has 0 bridgehead atoms. The van der Waals surface area contributed by atoms with Gasteiger partial charge in [0.05, 0.1) is 5.54 Å². The minimum atomic E-state index is -0.418. The molecule has 1 aromatic rings. The SMILES string of the molecule is CCCC(=O)NC1(Cc2ccccn2)CCC(=O)N(C(C)C)C1. The van der Waals surface area contributed by atoms with Crippen molar-refractivity contribution in [2.75, 3.05) is 6.54 Å². The van der Waals surface area contributed by atoms with Crippen molar-refractivity contribution in [1.29, 1.82) is 0 Å². The van der Waals surface area contributed by atoms with Gasteiger partial charge < -0.3 is 10.2 Å². The van der Waals surface area contributed by atoms with E-state index in [-0.39, 0.29) is 17.9 Å². The molecular weight excluding hydrogens is 290 g/mol. The molecule has 23 heavy (non-hydrogen) atoms. The Hall–Kier alpha value is -1.91. The number of amides is 2. The second kappa shape index (κ2) is 7.57. The van der Waals surface area contributed by atoms with E-state index >= 15 is 0 Å². The van der Waals surface area contributed by atoms with Gasteiger partial charge in [0.25, 0.3) is 0 Å². The van der Waals surface area contributed by atoms with Gasteiger partial charge in [0.15, 0.2) is 0 Å². The molecule has 0 aromatic carbocycles. The van der Waals surface area contributed by atoms with Crippen LogP contribution in [0.25, 0.3) is 0 Å². The van der Waals surface area contributed by atoms with Crippen LogP contribution in [-0.4, -0.2) is 39.8 Å². The first-order chi connectivity index (χ1) is 11.0. The minimum Gasteiger partial charge on any atom is -0.348 e. The van der Waals surface area contributed by atoms with Gasteiger partial charge in [0.2, 0.25) is 11.8 Å². The molecule has 0 saturated carbocycles. The topological polar surface area (TPSA) is 62.3 Å². The number of nitrogens with one attached hydrogen (secondary N) is 1. The van der Waals surface area contributed by atoms with Crippen molar-refractivity contribution in [2.24, 2.45) is 0 Å². The molecule has 1 saturated heterocycles. The summed E-state index contributed by atoms with van der Waals surface area (Å²) in [5.41, 5.74) is 0.529. The van der Waals surface area contributed by atoms with Crippen LogP contribution in [0.5, 0.6) is 0 Å². The molecule has 2 heterocycles. The fourth-order valence-electron chi connectivity index (χ4n) is 3.18. The molecule has 1 unspecified atom stereocenters. The number of rotatable bonds is 6. The van der Waals surface area contributed by atoms with Gasteiger partial charge in [-0.2, -0.15) is 0 Å². The van der Waals surface area contributed by atoms with Crippen LogP contribution in [0, 0.1) is 0 Å². The fourth-order valence-corrected chi connectivity index (χ4v) is 3.18. The number of nitrogens with zero attached hydrogens (tertiary/aromatic N) is 2. The predicted octanol–water partition coefficient (Wildman–Crippen LogP) is 2.31. The summed E-state index contributed by atoms with van der Waals surface area (Å²) in [6.45, 7) is 6.58. The largest absolute Gasteiger partial charge is 0.348 e. The van der Waals surface area contributed by atoms with Crippen molar-refractivity contribution >= 4 is 11.8 Å². The van der Waals surface area contributed by atoms with E-state index < -0.39 is 5.54 Å². The summed E-state index contributed by atoms with van der Waals surface area (Å²) >= 11 is 0. The van der Waals surface area contributed by atoms with Crippen LogP contribution in [0.3, 0.4) is 0 Å². The third kappa shape index (κ3) is 4.53. The molecule has 1 aromatic heterocycles. The number of pyridine rings is 1. The molecule has 0 radical (unpaired) electrons. The van der Waals surface area contributed by atoms with Crippen LogP contribution in [0.1, 0.15) is 52.1 Å². The highest BCUT2D eigenvalue weighted by atomic mass is 16.2. The quantitative estimate of drug-likeness (QED) is 0.876. The zero-order valence-corrected chi connectivity index (χ0v) is 14.3. The summed E-state index contributed by atoms with van der Waals surface area (Å²) in [6, 6.07) is 5.95. The molecule has 5 heteroatoms. The minimum absolute atomic E-state index is 0.0569. The van der Waals surface area contributed by atoms with Gasteiger partial charge in [0, 0.05) is 43.7 Å². The van der Waals surface area contributed by atoms with Crippen molar-refractivity contribution in [1.82, 2.24) is 15.2 Å². The highest BCUT2D eigenvalue weighted by Crippen LogP contribution is 2.27. The van der Waals surface area contributed by atoms with Crippen molar-refractivity contribution < 1.29 is 9.59 Å². The van der Waals surface area contributed by atoms with E-state index in [4.69, 9.17) is 0 Å². The van der Waals surface area contributed by atoms with Crippen LogP contribution in [0.2, 0.25) is 0 Å². The number of likely N-dealkylation sites (tertiary alicyclic amines) is 1. The molecule has 0 spiro atoms. The van der Waals surface area contributed by atoms with Crippen molar-refractivity contribution in [2.45, 2.75) is 64.5 Å². The van der Waals surface area contributed by atoms with Crippen molar-refractivity contribution in [3.8, 4) is 0 Å². The summed E-state index contributed by atoms with van der Waals surface area (Å²) in [7, 11) is 0. The third-order valence-electron chi connectivity index (χ3n) is 4.36. The first kappa shape index (κ1) is 17.4. The Balaban J connectivity index is 2.23. The van der Waals surface area contributed by atoms with Gasteiger partial charge in [-0.1, -0.05) is 13.0 Å². The Morgan fingerprint density at radius 1 is 1.43 bits per heavy atom. The lowest BCUT2D eigenvalue weighted by molar-refractivity contribution is -0.140. The summed E-state index contributed by atoms with van der Waals surface area (Å²) in [4.78, 5) is 30.7. The summed E-state index contributed by atoms with van der Waals surface area (Å²) < 4.78 is 0. The number of hydrogen-bond acceptors (Lipinski definition) is 3. The summed E-state index contributed by atoms with van der Waals surface area (Å²) in [5, 5.41) is 3.21. The van der Waals surface area contributed by atoms with E-state index in [2.05, 4.69) is 10.3 Å². The number of carbonyl (C=O) groups is 2. The Kier molecular flexibility index (Phi) is 5.74. The van der Waals surface area contributed by atoms with E-state index in [1.165, 1.54) is 0 Å². The number of hydrogen-bond donors (Lipinski definition) is 1. The lowest BCUT2D eigenvalue weighted by Crippen LogP contribution is -2.62. The second-order valence-electron chi connectivity index (χ2n) is 6.69. The molecule has 126 valence electrons. The van der Waals surface area contributed by atoms with Crippen LogP contribution in [0.15, 0.2) is 24.4 Å². The maximum absolute atomic E-state index is 12.2. The van der Waals surface area contributed by atoms with E-state index in [9.17, 15) is 9.59 Å². The highest BCUT2D eigenvalue weighted by molar-refractivity contribution is 5.80. The van der Waals surface area contributed by atoms with E-state index in [0.717, 1.165) is 12.1 Å². The smallest absolute Gasteiger partial charge is 0.222 e. The number of carbonyl (C=O) groups excluding carboxylic acids is 2. The normalized spacial score (nSPS) is 21.6. The predicted molar refractivity (Wildman–Crippen MR) is 89.8 cm³/mol. The van der Waals surface area contributed by atoms with Crippen LogP contribution in [0.4, 0.5) is 0 Å². The molecule has 2 rings (SSSR count). The van der Waals surface area contributed by atoms with Gasteiger partial charge in [-0.3, -0.25) is 14.6 Å². The van der Waals surface area contributed by atoms with E-state index in [1.807, 2.05) is 43.9 Å². The number of aromatic nitrogens is 1. The highest BCUT2D eigenvalue weighted by Gasteiger charge is 2.40. The van der Waals surface area contributed by atoms with Gasteiger partial charge in [-0.15, -0.1) is 0 Å². The molecule has 0 aliphatic carbocycles. The van der Waals surface area contributed by atoms with Crippen LogP contribution in [-0.2, 0) is 16.0 Å². The maximum atomic E-state index is 12.2. The average Bonchev–Trinajstić information content (AvgIpc) is 2.51. The first-order valence-electron chi connectivity index (χ1n) is 8.46. The van der Waals surface area contributed by atoms with Crippen molar-refractivity contribution in [3.05, 3.63) is 30.1 Å². The van der Waals surface area contributed by atoms with Gasteiger partial charge in [0.1, 0.15) is 0 Å². The van der Waals surface area contributed by atoms with Crippen LogP contribution >= 0.6 is 0 Å². The van der Waals surface area contributed by atoms with Crippen LogP contribution < -0.4 is 5.32 Å². The lowest BCUT2D eigenvalue weighted by atomic mass is 9.83. The zero-order chi connectivity index (χ0) is 16.9. The van der Waals surface area contributed by atoms with Crippen molar-refractivity contribution in [3.63, 3.8) is 0 Å². The van der Waals surface area contributed by atoms with E-state index in [0.29, 0.717) is 32.2 Å². The molecule has 1 aliphatic heterocycles. The zero-order valence-electron chi connectivity index (χ0n) is 14.3. The molecule has 5 nitrogen and oxygen atoms in total. The Labute approximate surface area is 138 Å². The third-order valence-corrected chi connectivity index (χ3v) is 4.36. The Bertz CT molecular complexity index is 544. The fraction of sp³-hybridized carbons (Fsp3) is 0.611.